The number of hydrogen-bond acceptors (Lipinski definition) is 5. The number of nitrogens with zero attached hydrogens (tertiary/aromatic N) is 3. The van der Waals surface area contributed by atoms with Gasteiger partial charge in [-0.2, -0.15) is 0 Å². The zero-order chi connectivity index (χ0) is 15.5. The fourth-order valence-electron chi connectivity index (χ4n) is 2.35. The van der Waals surface area contributed by atoms with Gasteiger partial charge in [0.25, 0.3) is 0 Å². The Bertz CT molecular complexity index is 471. The standard InChI is InChI=1S/C15H25N3O3/c1-15(2,3)12-10-16-13(21-12)11-18-8-6-17(7-9-18)5-4-14(19)20/h10H,4-9,11H2,1-3H3,(H,19,20). The van der Waals surface area contributed by atoms with Crippen LogP contribution in [0.1, 0.15) is 38.8 Å². The quantitative estimate of drug-likeness (QED) is 0.889. The number of rotatable bonds is 5. The van der Waals surface area contributed by atoms with Gasteiger partial charge in [-0.25, -0.2) is 4.98 Å². The van der Waals surface area contributed by atoms with Crippen LogP contribution in [0.15, 0.2) is 10.6 Å². The number of oxazole rings is 1. The summed E-state index contributed by atoms with van der Waals surface area (Å²) in [6, 6.07) is 0. The summed E-state index contributed by atoms with van der Waals surface area (Å²) >= 11 is 0. The first-order valence-corrected chi connectivity index (χ1v) is 7.46. The maximum absolute atomic E-state index is 10.6. The van der Waals surface area contributed by atoms with Crippen LogP contribution >= 0.6 is 0 Å². The third-order valence-corrected chi connectivity index (χ3v) is 3.76. The Labute approximate surface area is 125 Å². The minimum absolute atomic E-state index is 0.0131. The van der Waals surface area contributed by atoms with E-state index >= 15 is 0 Å². The Morgan fingerprint density at radius 1 is 1.29 bits per heavy atom. The van der Waals surface area contributed by atoms with Crippen molar-refractivity contribution in [3.63, 3.8) is 0 Å². The molecule has 6 heteroatoms. The Morgan fingerprint density at radius 3 is 2.43 bits per heavy atom. The summed E-state index contributed by atoms with van der Waals surface area (Å²) in [5.41, 5.74) is -0.0131. The van der Waals surface area contributed by atoms with Crippen molar-refractivity contribution >= 4 is 5.97 Å². The van der Waals surface area contributed by atoms with Crippen molar-refractivity contribution in [3.8, 4) is 0 Å². The second-order valence-corrected chi connectivity index (χ2v) is 6.63. The molecule has 1 N–H and O–H groups in total. The highest BCUT2D eigenvalue weighted by Crippen LogP contribution is 2.23. The summed E-state index contributed by atoms with van der Waals surface area (Å²) in [4.78, 5) is 19.4. The van der Waals surface area contributed by atoms with Crippen molar-refractivity contribution in [2.24, 2.45) is 0 Å². The zero-order valence-corrected chi connectivity index (χ0v) is 13.1. The molecule has 118 valence electrons. The van der Waals surface area contributed by atoms with Crippen LogP contribution < -0.4 is 0 Å². The highest BCUT2D eigenvalue weighted by atomic mass is 16.4. The zero-order valence-electron chi connectivity index (χ0n) is 13.1. The van der Waals surface area contributed by atoms with E-state index in [9.17, 15) is 4.79 Å². The van der Waals surface area contributed by atoms with Crippen LogP contribution in [0.25, 0.3) is 0 Å². The van der Waals surface area contributed by atoms with Gasteiger partial charge in [-0.1, -0.05) is 20.8 Å². The van der Waals surface area contributed by atoms with Crippen LogP contribution in [0.5, 0.6) is 0 Å². The van der Waals surface area contributed by atoms with Gasteiger partial charge in [0, 0.05) is 38.1 Å². The van der Waals surface area contributed by atoms with Gasteiger partial charge < -0.3 is 14.4 Å². The number of hydrogen-bond donors (Lipinski definition) is 1. The number of aliphatic carboxylic acids is 1. The van der Waals surface area contributed by atoms with Gasteiger partial charge in [0.2, 0.25) is 5.89 Å². The molecule has 6 nitrogen and oxygen atoms in total. The van der Waals surface area contributed by atoms with Gasteiger partial charge in [0.1, 0.15) is 5.76 Å². The Hall–Kier alpha value is -1.40. The van der Waals surface area contributed by atoms with Gasteiger partial charge >= 0.3 is 5.97 Å². The van der Waals surface area contributed by atoms with E-state index in [0.717, 1.165) is 44.4 Å². The minimum atomic E-state index is -0.730. The van der Waals surface area contributed by atoms with Gasteiger partial charge in [-0.05, 0) is 0 Å². The highest BCUT2D eigenvalue weighted by molar-refractivity contribution is 5.66. The van der Waals surface area contributed by atoms with Crippen LogP contribution in [-0.2, 0) is 16.8 Å². The van der Waals surface area contributed by atoms with E-state index in [2.05, 4.69) is 35.6 Å². The highest BCUT2D eigenvalue weighted by Gasteiger charge is 2.22. The van der Waals surface area contributed by atoms with Gasteiger partial charge in [0.15, 0.2) is 0 Å². The second-order valence-electron chi connectivity index (χ2n) is 6.63. The van der Waals surface area contributed by atoms with Crippen molar-refractivity contribution in [1.82, 2.24) is 14.8 Å². The average molecular weight is 295 g/mol. The average Bonchev–Trinajstić information content (AvgIpc) is 2.86. The number of piperazine rings is 1. The van der Waals surface area contributed by atoms with E-state index in [1.54, 1.807) is 0 Å². The lowest BCUT2D eigenvalue weighted by Crippen LogP contribution is -2.46. The molecule has 1 aliphatic heterocycles. The maximum atomic E-state index is 10.6. The first-order valence-electron chi connectivity index (χ1n) is 7.46. The van der Waals surface area contributed by atoms with Crippen molar-refractivity contribution in [1.29, 1.82) is 0 Å². The molecule has 0 atom stereocenters. The Kier molecular flexibility index (Phi) is 5.00. The lowest BCUT2D eigenvalue weighted by Gasteiger charge is -2.33. The van der Waals surface area contributed by atoms with Crippen LogP contribution in [0.3, 0.4) is 0 Å². The van der Waals surface area contributed by atoms with Crippen LogP contribution in [0.2, 0.25) is 0 Å². The molecule has 0 aliphatic carbocycles. The molecule has 0 bridgehead atoms. The van der Waals surface area contributed by atoms with E-state index in [1.165, 1.54) is 0 Å². The molecule has 21 heavy (non-hydrogen) atoms. The molecule has 2 heterocycles. The molecule has 0 spiro atoms. The number of carboxylic acid groups (broad SMARTS) is 1. The molecule has 0 amide bonds. The fourth-order valence-corrected chi connectivity index (χ4v) is 2.35. The lowest BCUT2D eigenvalue weighted by molar-refractivity contribution is -0.137. The maximum Gasteiger partial charge on any atom is 0.304 e. The van der Waals surface area contributed by atoms with E-state index in [0.29, 0.717) is 6.54 Å². The van der Waals surface area contributed by atoms with Crippen molar-refractivity contribution in [2.45, 2.75) is 39.2 Å². The normalized spacial score (nSPS) is 18.0. The van der Waals surface area contributed by atoms with Crippen molar-refractivity contribution in [3.05, 3.63) is 17.8 Å². The molecular weight excluding hydrogens is 270 g/mol. The summed E-state index contributed by atoms with van der Waals surface area (Å²) in [5, 5.41) is 8.70. The molecule has 1 saturated heterocycles. The largest absolute Gasteiger partial charge is 0.481 e. The molecule has 1 aliphatic rings. The van der Waals surface area contributed by atoms with Crippen LogP contribution in [0, 0.1) is 0 Å². The molecule has 2 rings (SSSR count). The molecular formula is C15H25N3O3. The first kappa shape index (κ1) is 16.0. The van der Waals surface area contributed by atoms with Gasteiger partial charge in [-0.3, -0.25) is 9.69 Å². The SMILES string of the molecule is CC(C)(C)c1cnc(CN2CCN(CCC(=O)O)CC2)o1. The molecule has 1 aromatic heterocycles. The molecule has 0 unspecified atom stereocenters. The number of carbonyl (C=O) groups is 1. The summed E-state index contributed by atoms with van der Waals surface area (Å²) in [7, 11) is 0. The van der Waals surface area contributed by atoms with Gasteiger partial charge in [0.05, 0.1) is 19.2 Å². The van der Waals surface area contributed by atoms with Crippen molar-refractivity contribution in [2.75, 3.05) is 32.7 Å². The second kappa shape index (κ2) is 6.58. The molecule has 1 aromatic rings. The number of carboxylic acids is 1. The Morgan fingerprint density at radius 2 is 1.90 bits per heavy atom. The minimum Gasteiger partial charge on any atom is -0.481 e. The van der Waals surface area contributed by atoms with Gasteiger partial charge in [-0.15, -0.1) is 0 Å². The Balaban J connectivity index is 1.78. The topological polar surface area (TPSA) is 69.8 Å². The third-order valence-electron chi connectivity index (χ3n) is 3.76. The summed E-state index contributed by atoms with van der Waals surface area (Å²) in [6.45, 7) is 11.3. The fraction of sp³-hybridized carbons (Fsp3) is 0.733. The van der Waals surface area contributed by atoms with Crippen LogP contribution in [-0.4, -0.2) is 58.6 Å². The van der Waals surface area contributed by atoms with E-state index in [-0.39, 0.29) is 11.8 Å². The predicted molar refractivity (Wildman–Crippen MR) is 79.2 cm³/mol. The molecule has 0 aromatic carbocycles. The summed E-state index contributed by atoms with van der Waals surface area (Å²) < 4.78 is 5.81. The lowest BCUT2D eigenvalue weighted by atomic mass is 9.94. The van der Waals surface area contributed by atoms with Crippen LogP contribution in [0.4, 0.5) is 0 Å². The summed E-state index contributed by atoms with van der Waals surface area (Å²) in [6.07, 6.45) is 2.03. The predicted octanol–water partition coefficient (Wildman–Crippen LogP) is 1.56. The third kappa shape index (κ3) is 4.82. The first-order chi connectivity index (χ1) is 9.84. The van der Waals surface area contributed by atoms with E-state index in [4.69, 9.17) is 9.52 Å². The molecule has 0 radical (unpaired) electrons. The van der Waals surface area contributed by atoms with E-state index < -0.39 is 5.97 Å². The smallest absolute Gasteiger partial charge is 0.304 e. The molecule has 1 fully saturated rings. The summed E-state index contributed by atoms with van der Waals surface area (Å²) in [5.74, 6) is 0.948. The monoisotopic (exact) mass is 295 g/mol. The number of aromatic nitrogens is 1. The van der Waals surface area contributed by atoms with E-state index in [1.807, 2.05) is 6.20 Å². The molecule has 0 saturated carbocycles. The van der Waals surface area contributed by atoms with Crippen molar-refractivity contribution < 1.29 is 14.3 Å².